The minimum atomic E-state index is -0.0638. The number of hydrogen-bond donors (Lipinski definition) is 0. The molecule has 5 rings (SSSR count). The van der Waals surface area contributed by atoms with Crippen LogP contribution in [0.2, 0.25) is 0 Å². The van der Waals surface area contributed by atoms with E-state index in [4.69, 9.17) is 4.74 Å². The fraction of sp³-hybridized carbons (Fsp3) is 0.615. The predicted molar refractivity (Wildman–Crippen MR) is 127 cm³/mol. The van der Waals surface area contributed by atoms with Gasteiger partial charge in [0.2, 0.25) is 0 Å². The number of amides is 1. The van der Waals surface area contributed by atoms with Crippen LogP contribution < -0.4 is 0 Å². The maximum absolute atomic E-state index is 13.1. The first kappa shape index (κ1) is 21.8. The summed E-state index contributed by atoms with van der Waals surface area (Å²) in [6.45, 7) is 11.6. The first-order valence-corrected chi connectivity index (χ1v) is 12.3. The summed E-state index contributed by atoms with van der Waals surface area (Å²) >= 11 is 0. The Morgan fingerprint density at radius 3 is 2.53 bits per heavy atom. The highest BCUT2D eigenvalue weighted by atomic mass is 16.5. The van der Waals surface area contributed by atoms with Crippen LogP contribution in [-0.2, 0) is 4.74 Å². The fourth-order valence-corrected chi connectivity index (χ4v) is 5.75. The normalized spacial score (nSPS) is 25.0. The number of carbonyl (C=O) groups excluding carboxylic acids is 1. The molecule has 3 aliphatic heterocycles. The Morgan fingerprint density at radius 2 is 1.78 bits per heavy atom. The van der Waals surface area contributed by atoms with Crippen LogP contribution in [0.25, 0.3) is 10.9 Å². The Balaban J connectivity index is 1.19. The van der Waals surface area contributed by atoms with Crippen LogP contribution in [0.1, 0.15) is 50.0 Å². The van der Waals surface area contributed by atoms with Gasteiger partial charge in [0.25, 0.3) is 5.91 Å². The zero-order valence-electron chi connectivity index (χ0n) is 19.5. The molecule has 6 heteroatoms. The van der Waals surface area contributed by atoms with E-state index in [2.05, 4.69) is 28.6 Å². The lowest BCUT2D eigenvalue weighted by Gasteiger charge is -2.50. The Bertz CT molecular complexity index is 946. The van der Waals surface area contributed by atoms with Crippen molar-refractivity contribution in [3.05, 3.63) is 42.1 Å². The topological polar surface area (TPSA) is 48.9 Å². The second-order valence-corrected chi connectivity index (χ2v) is 10.0. The number of likely N-dealkylation sites (tertiary alicyclic amines) is 1. The van der Waals surface area contributed by atoms with E-state index >= 15 is 0 Å². The van der Waals surface area contributed by atoms with Gasteiger partial charge in [-0.05, 0) is 51.7 Å². The van der Waals surface area contributed by atoms with Crippen molar-refractivity contribution in [1.29, 1.82) is 0 Å². The Morgan fingerprint density at radius 1 is 1.03 bits per heavy atom. The van der Waals surface area contributed by atoms with E-state index in [9.17, 15) is 4.79 Å². The first-order valence-electron chi connectivity index (χ1n) is 12.3. The molecule has 1 aromatic carbocycles. The van der Waals surface area contributed by atoms with Gasteiger partial charge in [-0.2, -0.15) is 0 Å². The van der Waals surface area contributed by atoms with Gasteiger partial charge >= 0.3 is 0 Å². The minimum absolute atomic E-state index is 0.0442. The third-order valence-electron chi connectivity index (χ3n) is 7.84. The molecular weight excluding hydrogens is 400 g/mol. The number of carbonyl (C=O) groups is 1. The summed E-state index contributed by atoms with van der Waals surface area (Å²) in [4.78, 5) is 25.0. The number of fused-ring (bicyclic) bond motifs is 1. The summed E-state index contributed by atoms with van der Waals surface area (Å²) in [7, 11) is 0. The average Bonchev–Trinajstić information content (AvgIpc) is 2.84. The van der Waals surface area contributed by atoms with Crippen LogP contribution in [0, 0.1) is 0 Å². The number of piperidine rings is 1. The minimum Gasteiger partial charge on any atom is -0.375 e. The summed E-state index contributed by atoms with van der Waals surface area (Å²) in [5.74, 6) is 0.0442. The molecule has 0 aliphatic carbocycles. The number of aromatic nitrogens is 1. The highest BCUT2D eigenvalue weighted by molar-refractivity contribution is 5.95. The summed E-state index contributed by atoms with van der Waals surface area (Å²) in [6.07, 6.45) is 4.08. The van der Waals surface area contributed by atoms with E-state index in [1.54, 1.807) is 0 Å². The summed E-state index contributed by atoms with van der Waals surface area (Å²) in [6, 6.07) is 13.1. The standard InChI is InChI=1S/C26H36N4O2/c1-20(2)28-14-16-29(17-15-28)22-9-18-32-26(19-22)10-12-30(13-11-26)25(31)24-8-7-21-5-3-4-6-23(21)27-24/h3-8,20,22H,9-19H2,1-2H3/t22-/m1/s1. The number of nitrogens with zero attached hydrogens (tertiary/aromatic N) is 4. The van der Waals surface area contributed by atoms with Gasteiger partial charge in [0.05, 0.1) is 11.1 Å². The van der Waals surface area contributed by atoms with E-state index in [-0.39, 0.29) is 11.5 Å². The van der Waals surface area contributed by atoms with Gasteiger partial charge in [0.1, 0.15) is 5.69 Å². The highest BCUT2D eigenvalue weighted by Crippen LogP contribution is 2.37. The van der Waals surface area contributed by atoms with Gasteiger partial charge in [-0.15, -0.1) is 0 Å². The number of hydrogen-bond acceptors (Lipinski definition) is 5. The summed E-state index contributed by atoms with van der Waals surface area (Å²) < 4.78 is 6.39. The Kier molecular flexibility index (Phi) is 6.19. The van der Waals surface area contributed by atoms with Gasteiger partial charge in [-0.25, -0.2) is 4.98 Å². The van der Waals surface area contributed by atoms with Gasteiger partial charge in [0.15, 0.2) is 0 Å². The van der Waals surface area contributed by atoms with Crippen molar-refractivity contribution in [2.24, 2.45) is 0 Å². The van der Waals surface area contributed by atoms with E-state index in [0.29, 0.717) is 17.8 Å². The molecule has 32 heavy (non-hydrogen) atoms. The van der Waals surface area contributed by atoms with Crippen LogP contribution >= 0.6 is 0 Å². The zero-order valence-corrected chi connectivity index (χ0v) is 19.5. The SMILES string of the molecule is CC(C)N1CCN([C@@H]2CCOC3(CCN(C(=O)c4ccc5ccccc5n4)CC3)C2)CC1. The average molecular weight is 437 g/mol. The summed E-state index contributed by atoms with van der Waals surface area (Å²) in [5, 5.41) is 1.07. The quantitative estimate of drug-likeness (QED) is 0.738. The molecule has 0 saturated carbocycles. The second-order valence-electron chi connectivity index (χ2n) is 10.0. The molecule has 1 aromatic heterocycles. The van der Waals surface area contributed by atoms with Gasteiger partial charge < -0.3 is 9.64 Å². The second kappa shape index (κ2) is 9.08. The molecule has 1 amide bonds. The maximum Gasteiger partial charge on any atom is 0.272 e. The number of pyridine rings is 1. The molecule has 0 unspecified atom stereocenters. The van der Waals surface area contributed by atoms with Crippen LogP contribution in [0.5, 0.6) is 0 Å². The van der Waals surface area contributed by atoms with Crippen LogP contribution in [0.3, 0.4) is 0 Å². The van der Waals surface area contributed by atoms with E-state index in [0.717, 1.165) is 69.4 Å². The van der Waals surface area contributed by atoms with Crippen LogP contribution in [-0.4, -0.2) is 89.2 Å². The Labute approximate surface area is 191 Å². The lowest BCUT2D eigenvalue weighted by Crippen LogP contribution is -2.58. The largest absolute Gasteiger partial charge is 0.375 e. The molecule has 4 heterocycles. The molecule has 0 bridgehead atoms. The third-order valence-corrected chi connectivity index (χ3v) is 7.84. The monoisotopic (exact) mass is 436 g/mol. The molecule has 0 N–H and O–H groups in total. The van der Waals surface area contributed by atoms with Crippen LogP contribution in [0.15, 0.2) is 36.4 Å². The van der Waals surface area contributed by atoms with Crippen molar-refractivity contribution in [3.63, 3.8) is 0 Å². The van der Waals surface area contributed by atoms with Crippen molar-refractivity contribution >= 4 is 16.8 Å². The molecule has 1 atom stereocenters. The third kappa shape index (κ3) is 4.41. The van der Waals surface area contributed by atoms with Crippen molar-refractivity contribution in [1.82, 2.24) is 19.7 Å². The van der Waals surface area contributed by atoms with Crippen molar-refractivity contribution in [2.75, 3.05) is 45.9 Å². The van der Waals surface area contributed by atoms with Crippen molar-refractivity contribution in [2.45, 2.75) is 57.2 Å². The first-order chi connectivity index (χ1) is 15.5. The fourth-order valence-electron chi connectivity index (χ4n) is 5.75. The molecular formula is C26H36N4O2. The van der Waals surface area contributed by atoms with Crippen molar-refractivity contribution in [3.8, 4) is 0 Å². The molecule has 3 fully saturated rings. The molecule has 3 saturated heterocycles. The van der Waals surface area contributed by atoms with Gasteiger partial charge in [-0.3, -0.25) is 14.6 Å². The zero-order chi connectivity index (χ0) is 22.1. The number of benzene rings is 1. The molecule has 0 radical (unpaired) electrons. The van der Waals surface area contributed by atoms with E-state index < -0.39 is 0 Å². The number of para-hydroxylation sites is 1. The van der Waals surface area contributed by atoms with Crippen molar-refractivity contribution < 1.29 is 9.53 Å². The van der Waals surface area contributed by atoms with E-state index in [1.807, 2.05) is 41.3 Å². The highest BCUT2D eigenvalue weighted by Gasteiger charge is 2.43. The molecule has 172 valence electrons. The van der Waals surface area contributed by atoms with E-state index in [1.165, 1.54) is 13.1 Å². The Hall–Kier alpha value is -2.02. The lowest BCUT2D eigenvalue weighted by atomic mass is 9.81. The maximum atomic E-state index is 13.1. The predicted octanol–water partition coefficient (Wildman–Crippen LogP) is 3.41. The molecule has 3 aliphatic rings. The number of rotatable bonds is 3. The molecule has 1 spiro atoms. The smallest absolute Gasteiger partial charge is 0.272 e. The number of ether oxygens (including phenoxy) is 1. The lowest BCUT2D eigenvalue weighted by molar-refractivity contribution is -0.132. The van der Waals surface area contributed by atoms with Gasteiger partial charge in [-0.1, -0.05) is 24.3 Å². The molecule has 6 nitrogen and oxygen atoms in total. The van der Waals surface area contributed by atoms with Gasteiger partial charge in [0, 0.05) is 63.3 Å². The van der Waals surface area contributed by atoms with Crippen LogP contribution in [0.4, 0.5) is 0 Å². The molecule has 2 aromatic rings. The summed E-state index contributed by atoms with van der Waals surface area (Å²) in [5.41, 5.74) is 1.36. The number of piperazine rings is 1.